The molecule has 4 nitrogen and oxygen atoms in total. The molecule has 110 valence electrons. The van der Waals surface area contributed by atoms with Crippen LogP contribution in [-0.2, 0) is 0 Å². The third kappa shape index (κ3) is 2.71. The van der Waals surface area contributed by atoms with Gasteiger partial charge in [-0.15, -0.1) is 0 Å². The van der Waals surface area contributed by atoms with E-state index in [4.69, 9.17) is 22.9 Å². The summed E-state index contributed by atoms with van der Waals surface area (Å²) in [7, 11) is 0. The van der Waals surface area contributed by atoms with E-state index < -0.39 is 0 Å². The summed E-state index contributed by atoms with van der Waals surface area (Å²) in [5.41, 5.74) is 7.58. The fourth-order valence-corrected chi connectivity index (χ4v) is 2.92. The molecule has 5 heteroatoms. The van der Waals surface area contributed by atoms with Crippen LogP contribution in [0.2, 0.25) is 0 Å². The van der Waals surface area contributed by atoms with Gasteiger partial charge in [-0.2, -0.15) is 0 Å². The first-order chi connectivity index (χ1) is 10.1. The van der Waals surface area contributed by atoms with Gasteiger partial charge in [0.25, 0.3) is 0 Å². The Morgan fingerprint density at radius 3 is 2.90 bits per heavy atom. The maximum absolute atomic E-state index is 10.1. The number of nitrogens with zero attached hydrogens (tertiary/aromatic N) is 2. The van der Waals surface area contributed by atoms with Gasteiger partial charge in [0.15, 0.2) is 0 Å². The Balaban J connectivity index is 2.07. The highest BCUT2D eigenvalue weighted by molar-refractivity contribution is 7.80. The second kappa shape index (κ2) is 5.58. The van der Waals surface area contributed by atoms with Crippen LogP contribution in [0.3, 0.4) is 0 Å². The monoisotopic (exact) mass is 301 g/mol. The van der Waals surface area contributed by atoms with Crippen LogP contribution in [-0.4, -0.2) is 34.3 Å². The summed E-state index contributed by atoms with van der Waals surface area (Å²) in [5, 5.41) is 11.1. The number of anilines is 1. The van der Waals surface area contributed by atoms with Crippen molar-refractivity contribution in [2.24, 2.45) is 11.7 Å². The van der Waals surface area contributed by atoms with Crippen molar-refractivity contribution in [2.45, 2.75) is 19.4 Å². The zero-order valence-electron chi connectivity index (χ0n) is 12.0. The second-order valence-corrected chi connectivity index (χ2v) is 6.14. The van der Waals surface area contributed by atoms with Gasteiger partial charge in [-0.3, -0.25) is 0 Å². The Hall–Kier alpha value is -1.72. The Labute approximate surface area is 129 Å². The average molecular weight is 301 g/mol. The molecule has 1 aliphatic heterocycles. The first-order valence-corrected chi connectivity index (χ1v) is 7.59. The number of aromatic nitrogens is 1. The highest BCUT2D eigenvalue weighted by Gasteiger charge is 2.27. The molecule has 21 heavy (non-hydrogen) atoms. The van der Waals surface area contributed by atoms with Gasteiger partial charge in [0.2, 0.25) is 0 Å². The van der Waals surface area contributed by atoms with Crippen LogP contribution in [0.4, 0.5) is 5.82 Å². The first kappa shape index (κ1) is 14.2. The number of β-amino-alcohol motifs (C(OH)–C–C–N with tert-alkyl or cyclic N) is 1. The molecule has 2 unspecified atom stereocenters. The largest absolute Gasteiger partial charge is 0.391 e. The van der Waals surface area contributed by atoms with Crippen LogP contribution in [0.25, 0.3) is 10.9 Å². The molecular formula is C16H19N3OS. The van der Waals surface area contributed by atoms with Crippen LogP contribution >= 0.6 is 12.2 Å². The van der Waals surface area contributed by atoms with Crippen LogP contribution in [0, 0.1) is 5.92 Å². The van der Waals surface area contributed by atoms with E-state index in [2.05, 4.69) is 11.8 Å². The van der Waals surface area contributed by atoms with Crippen molar-refractivity contribution in [3.63, 3.8) is 0 Å². The number of pyridine rings is 1. The average Bonchev–Trinajstić information content (AvgIpc) is 2.48. The smallest absolute Gasteiger partial charge is 0.139 e. The summed E-state index contributed by atoms with van der Waals surface area (Å²) in [6.45, 7) is 3.51. The molecular weight excluding hydrogens is 282 g/mol. The van der Waals surface area contributed by atoms with E-state index in [9.17, 15) is 5.11 Å². The standard InChI is InChI=1S/C16H19N3OS/c1-10-6-7-19(9-14(10)20)16-12(15(17)21)8-11-4-2-3-5-13(11)18-16/h2-5,8,10,14,20H,6-7,9H2,1H3,(H2,17,21). The zero-order chi connectivity index (χ0) is 15.0. The SMILES string of the molecule is CC1CCN(c2nc3ccccc3cc2C(N)=S)CC1O. The lowest BCUT2D eigenvalue weighted by Crippen LogP contribution is -2.44. The molecule has 1 aromatic heterocycles. The molecule has 1 aromatic carbocycles. The van der Waals surface area contributed by atoms with Crippen molar-refractivity contribution in [3.05, 3.63) is 35.9 Å². The molecule has 2 heterocycles. The first-order valence-electron chi connectivity index (χ1n) is 7.19. The third-order valence-corrected chi connectivity index (χ3v) is 4.41. The zero-order valence-corrected chi connectivity index (χ0v) is 12.8. The summed E-state index contributed by atoms with van der Waals surface area (Å²) in [6.07, 6.45) is 0.595. The molecule has 3 rings (SSSR count). The topological polar surface area (TPSA) is 62.4 Å². The van der Waals surface area contributed by atoms with Gasteiger partial charge in [-0.05, 0) is 24.5 Å². The van der Waals surface area contributed by atoms with Crippen molar-refractivity contribution >= 4 is 33.9 Å². The number of hydrogen-bond acceptors (Lipinski definition) is 4. The highest BCUT2D eigenvalue weighted by atomic mass is 32.1. The Morgan fingerprint density at radius 1 is 1.43 bits per heavy atom. The number of nitrogens with two attached hydrogens (primary N) is 1. The minimum Gasteiger partial charge on any atom is -0.391 e. The van der Waals surface area contributed by atoms with E-state index in [-0.39, 0.29) is 6.10 Å². The number of fused-ring (bicyclic) bond motifs is 1. The van der Waals surface area contributed by atoms with Gasteiger partial charge in [0.05, 0.1) is 17.2 Å². The molecule has 1 saturated heterocycles. The molecule has 0 bridgehead atoms. The molecule has 2 atom stereocenters. The van der Waals surface area contributed by atoms with Crippen molar-refractivity contribution < 1.29 is 5.11 Å². The molecule has 0 spiro atoms. The van der Waals surface area contributed by atoms with Gasteiger partial charge < -0.3 is 15.7 Å². The van der Waals surface area contributed by atoms with Crippen molar-refractivity contribution in [3.8, 4) is 0 Å². The molecule has 1 aliphatic rings. The highest BCUT2D eigenvalue weighted by Crippen LogP contribution is 2.27. The molecule has 0 aliphatic carbocycles. The van der Waals surface area contributed by atoms with Crippen molar-refractivity contribution in [1.82, 2.24) is 4.98 Å². The molecule has 0 amide bonds. The Bertz CT molecular complexity index is 688. The minimum atomic E-state index is -0.341. The number of benzene rings is 1. The maximum Gasteiger partial charge on any atom is 0.139 e. The van der Waals surface area contributed by atoms with E-state index in [0.29, 0.717) is 17.5 Å². The molecule has 0 saturated carbocycles. The normalized spacial score (nSPS) is 22.5. The van der Waals surface area contributed by atoms with E-state index in [0.717, 1.165) is 35.2 Å². The third-order valence-electron chi connectivity index (χ3n) is 4.19. The molecule has 1 fully saturated rings. The summed E-state index contributed by atoms with van der Waals surface area (Å²) in [4.78, 5) is 7.16. The lowest BCUT2D eigenvalue weighted by molar-refractivity contribution is 0.102. The number of aliphatic hydroxyl groups excluding tert-OH is 1. The summed E-state index contributed by atoms with van der Waals surface area (Å²) >= 11 is 5.18. The maximum atomic E-state index is 10.1. The quantitative estimate of drug-likeness (QED) is 0.832. The Kier molecular flexibility index (Phi) is 3.78. The van der Waals surface area contributed by atoms with Crippen LogP contribution in [0.15, 0.2) is 30.3 Å². The van der Waals surface area contributed by atoms with Gasteiger partial charge in [-0.1, -0.05) is 37.3 Å². The number of piperidine rings is 1. The number of para-hydroxylation sites is 1. The predicted octanol–water partition coefficient (Wildman–Crippen LogP) is 2.08. The fraction of sp³-hybridized carbons (Fsp3) is 0.375. The van der Waals surface area contributed by atoms with E-state index in [1.165, 1.54) is 0 Å². The number of hydrogen-bond donors (Lipinski definition) is 2. The van der Waals surface area contributed by atoms with E-state index in [1.807, 2.05) is 30.3 Å². The number of aliphatic hydroxyl groups is 1. The van der Waals surface area contributed by atoms with Crippen molar-refractivity contribution in [2.75, 3.05) is 18.0 Å². The molecule has 0 radical (unpaired) electrons. The van der Waals surface area contributed by atoms with Gasteiger partial charge in [0, 0.05) is 18.5 Å². The van der Waals surface area contributed by atoms with E-state index >= 15 is 0 Å². The molecule has 3 N–H and O–H groups in total. The predicted molar refractivity (Wildman–Crippen MR) is 89.6 cm³/mol. The number of thiocarbonyl (C=S) groups is 1. The van der Waals surface area contributed by atoms with Gasteiger partial charge >= 0.3 is 0 Å². The summed E-state index contributed by atoms with van der Waals surface area (Å²) in [5.74, 6) is 1.10. The van der Waals surface area contributed by atoms with Crippen LogP contribution in [0.5, 0.6) is 0 Å². The van der Waals surface area contributed by atoms with Crippen molar-refractivity contribution in [1.29, 1.82) is 0 Å². The minimum absolute atomic E-state index is 0.315. The Morgan fingerprint density at radius 2 is 2.19 bits per heavy atom. The van der Waals surface area contributed by atoms with E-state index in [1.54, 1.807) is 0 Å². The lowest BCUT2D eigenvalue weighted by Gasteiger charge is -2.36. The van der Waals surface area contributed by atoms with Gasteiger partial charge in [-0.25, -0.2) is 4.98 Å². The molecule has 2 aromatic rings. The van der Waals surface area contributed by atoms with Crippen LogP contribution in [0.1, 0.15) is 18.9 Å². The summed E-state index contributed by atoms with van der Waals surface area (Å²) in [6, 6.07) is 9.91. The van der Waals surface area contributed by atoms with Gasteiger partial charge in [0.1, 0.15) is 10.8 Å². The number of rotatable bonds is 2. The fourth-order valence-electron chi connectivity index (χ4n) is 2.77. The van der Waals surface area contributed by atoms with Crippen LogP contribution < -0.4 is 10.6 Å². The lowest BCUT2D eigenvalue weighted by atomic mass is 9.95. The summed E-state index contributed by atoms with van der Waals surface area (Å²) < 4.78 is 0. The second-order valence-electron chi connectivity index (χ2n) is 5.70.